The van der Waals surface area contributed by atoms with Gasteiger partial charge in [0.1, 0.15) is 5.75 Å². The number of ether oxygens (including phenoxy) is 2. The summed E-state index contributed by atoms with van der Waals surface area (Å²) in [6.45, 7) is 1.21. The SMILES string of the molecule is Oc1c(Br)cc2c(c1C1CCCN1)OCO2. The van der Waals surface area contributed by atoms with Crippen LogP contribution in [0.4, 0.5) is 0 Å². The van der Waals surface area contributed by atoms with Gasteiger partial charge in [0, 0.05) is 12.1 Å². The molecule has 0 amide bonds. The number of benzene rings is 1. The minimum Gasteiger partial charge on any atom is -0.506 e. The molecule has 1 saturated heterocycles. The highest BCUT2D eigenvalue weighted by Crippen LogP contribution is 2.48. The molecule has 4 nitrogen and oxygen atoms in total. The zero-order valence-electron chi connectivity index (χ0n) is 8.62. The lowest BCUT2D eigenvalue weighted by Gasteiger charge is -2.16. The zero-order valence-corrected chi connectivity index (χ0v) is 10.2. The number of hydrogen-bond donors (Lipinski definition) is 2. The lowest BCUT2D eigenvalue weighted by Crippen LogP contribution is -2.13. The van der Waals surface area contributed by atoms with Crippen molar-refractivity contribution in [2.75, 3.05) is 13.3 Å². The molecular formula is C11H12BrNO3. The standard InChI is InChI=1S/C11H12BrNO3/c12-6-4-8-11(16-5-15-8)9(10(6)14)7-2-1-3-13-7/h4,7,13-14H,1-3,5H2. The van der Waals surface area contributed by atoms with Gasteiger partial charge in [-0.1, -0.05) is 0 Å². The molecular weight excluding hydrogens is 274 g/mol. The third kappa shape index (κ3) is 1.46. The van der Waals surface area contributed by atoms with Gasteiger partial charge in [-0.2, -0.15) is 0 Å². The van der Waals surface area contributed by atoms with Gasteiger partial charge in [-0.3, -0.25) is 0 Å². The Morgan fingerprint density at radius 1 is 1.44 bits per heavy atom. The van der Waals surface area contributed by atoms with Crippen molar-refractivity contribution in [3.63, 3.8) is 0 Å². The minimum atomic E-state index is 0.160. The molecule has 3 rings (SSSR count). The van der Waals surface area contributed by atoms with Crippen molar-refractivity contribution in [2.45, 2.75) is 18.9 Å². The highest BCUT2D eigenvalue weighted by molar-refractivity contribution is 9.10. The maximum absolute atomic E-state index is 10.1. The number of rotatable bonds is 1. The Bertz CT molecular complexity index is 430. The van der Waals surface area contributed by atoms with Crippen molar-refractivity contribution < 1.29 is 14.6 Å². The molecule has 1 aromatic carbocycles. The Morgan fingerprint density at radius 2 is 2.31 bits per heavy atom. The second-order valence-corrected chi connectivity index (χ2v) is 4.86. The summed E-state index contributed by atoms with van der Waals surface area (Å²) in [7, 11) is 0. The fraction of sp³-hybridized carbons (Fsp3) is 0.455. The fourth-order valence-corrected chi connectivity index (χ4v) is 2.70. The first kappa shape index (κ1) is 10.2. The van der Waals surface area contributed by atoms with Crippen LogP contribution < -0.4 is 14.8 Å². The molecule has 1 aromatic rings. The van der Waals surface area contributed by atoms with E-state index in [9.17, 15) is 5.11 Å². The summed E-state index contributed by atoms with van der Waals surface area (Å²) < 4.78 is 11.4. The summed E-state index contributed by atoms with van der Waals surface area (Å²) in [5, 5.41) is 13.5. The van der Waals surface area contributed by atoms with Gasteiger partial charge >= 0.3 is 0 Å². The number of fused-ring (bicyclic) bond motifs is 1. The van der Waals surface area contributed by atoms with Crippen molar-refractivity contribution in [1.82, 2.24) is 5.32 Å². The molecule has 5 heteroatoms. The van der Waals surface area contributed by atoms with Gasteiger partial charge < -0.3 is 19.9 Å². The Labute approximate surface area is 102 Å². The van der Waals surface area contributed by atoms with Crippen LogP contribution in [0.25, 0.3) is 0 Å². The average molecular weight is 286 g/mol. The van der Waals surface area contributed by atoms with Crippen LogP contribution in [0.1, 0.15) is 24.4 Å². The van der Waals surface area contributed by atoms with Crippen molar-refractivity contribution in [3.8, 4) is 17.2 Å². The smallest absolute Gasteiger partial charge is 0.231 e. The molecule has 1 atom stereocenters. The Morgan fingerprint density at radius 3 is 3.06 bits per heavy atom. The first-order valence-corrected chi connectivity index (χ1v) is 6.11. The van der Waals surface area contributed by atoms with Crippen LogP contribution in [0.5, 0.6) is 17.2 Å². The van der Waals surface area contributed by atoms with E-state index < -0.39 is 0 Å². The van der Waals surface area contributed by atoms with E-state index in [2.05, 4.69) is 21.2 Å². The van der Waals surface area contributed by atoms with Crippen LogP contribution >= 0.6 is 15.9 Å². The largest absolute Gasteiger partial charge is 0.506 e. The summed E-state index contributed by atoms with van der Waals surface area (Å²) in [6.07, 6.45) is 2.13. The predicted molar refractivity (Wildman–Crippen MR) is 61.9 cm³/mol. The Kier molecular flexibility index (Phi) is 2.44. The summed E-state index contributed by atoms with van der Waals surface area (Å²) in [4.78, 5) is 0. The van der Waals surface area contributed by atoms with Crippen LogP contribution in [0.3, 0.4) is 0 Å². The lowest BCUT2D eigenvalue weighted by molar-refractivity contribution is 0.172. The van der Waals surface area contributed by atoms with E-state index in [1.54, 1.807) is 6.07 Å². The number of halogens is 1. The molecule has 2 aliphatic heterocycles. The van der Waals surface area contributed by atoms with E-state index in [4.69, 9.17) is 9.47 Å². The van der Waals surface area contributed by atoms with Gasteiger partial charge in [0.25, 0.3) is 0 Å². The summed E-state index contributed by atoms with van der Waals surface area (Å²) in [5.74, 6) is 1.64. The third-order valence-corrected chi connectivity index (χ3v) is 3.64. The van der Waals surface area contributed by atoms with Gasteiger partial charge in [0.2, 0.25) is 6.79 Å². The topological polar surface area (TPSA) is 50.7 Å². The number of phenols is 1. The number of nitrogens with one attached hydrogen (secondary N) is 1. The number of phenolic OH excluding ortho intramolecular Hbond substituents is 1. The first-order valence-electron chi connectivity index (χ1n) is 5.31. The van der Waals surface area contributed by atoms with E-state index in [0.29, 0.717) is 16.0 Å². The minimum absolute atomic E-state index is 0.160. The average Bonchev–Trinajstić information content (AvgIpc) is 2.89. The first-order chi connectivity index (χ1) is 7.77. The van der Waals surface area contributed by atoms with Crippen LogP contribution in [0.2, 0.25) is 0 Å². The van der Waals surface area contributed by atoms with Crippen molar-refractivity contribution in [2.24, 2.45) is 0 Å². The molecule has 0 bridgehead atoms. The molecule has 0 aromatic heterocycles. The van der Waals surface area contributed by atoms with Crippen LogP contribution in [0, 0.1) is 0 Å². The van der Waals surface area contributed by atoms with Crippen LogP contribution in [-0.2, 0) is 0 Å². The van der Waals surface area contributed by atoms with Crippen molar-refractivity contribution in [1.29, 1.82) is 0 Å². The maximum atomic E-state index is 10.1. The molecule has 2 heterocycles. The van der Waals surface area contributed by atoms with Gasteiger partial charge in [0.15, 0.2) is 11.5 Å². The molecule has 16 heavy (non-hydrogen) atoms. The number of aromatic hydroxyl groups is 1. The van der Waals surface area contributed by atoms with E-state index in [-0.39, 0.29) is 18.6 Å². The Hall–Kier alpha value is -0.940. The van der Waals surface area contributed by atoms with E-state index in [1.165, 1.54) is 0 Å². The molecule has 86 valence electrons. The second-order valence-electron chi connectivity index (χ2n) is 4.00. The third-order valence-electron chi connectivity index (χ3n) is 3.03. The molecule has 0 spiro atoms. The zero-order chi connectivity index (χ0) is 11.1. The molecule has 0 aliphatic carbocycles. The van der Waals surface area contributed by atoms with Crippen LogP contribution in [0.15, 0.2) is 10.5 Å². The fourth-order valence-electron chi connectivity index (χ4n) is 2.28. The van der Waals surface area contributed by atoms with Gasteiger partial charge in [-0.05, 0) is 35.3 Å². The lowest BCUT2D eigenvalue weighted by atomic mass is 10.0. The van der Waals surface area contributed by atoms with Crippen molar-refractivity contribution >= 4 is 15.9 Å². The number of hydrogen-bond acceptors (Lipinski definition) is 4. The molecule has 2 aliphatic rings. The molecule has 1 fully saturated rings. The van der Waals surface area contributed by atoms with Gasteiger partial charge in [0.05, 0.1) is 10.0 Å². The predicted octanol–water partition coefficient (Wildman–Crippen LogP) is 2.31. The summed E-state index contributed by atoms with van der Waals surface area (Å²) >= 11 is 3.33. The maximum Gasteiger partial charge on any atom is 0.231 e. The van der Waals surface area contributed by atoms with Crippen molar-refractivity contribution in [3.05, 3.63) is 16.1 Å². The highest BCUT2D eigenvalue weighted by Gasteiger charge is 2.30. The molecule has 1 unspecified atom stereocenters. The quantitative estimate of drug-likeness (QED) is 0.831. The summed E-state index contributed by atoms with van der Waals surface area (Å²) in [5.41, 5.74) is 0.819. The van der Waals surface area contributed by atoms with Gasteiger partial charge in [-0.15, -0.1) is 0 Å². The highest BCUT2D eigenvalue weighted by atomic mass is 79.9. The monoisotopic (exact) mass is 285 g/mol. The Balaban J connectivity index is 2.14. The van der Waals surface area contributed by atoms with Crippen LogP contribution in [-0.4, -0.2) is 18.4 Å². The molecule has 0 radical (unpaired) electrons. The van der Waals surface area contributed by atoms with E-state index in [0.717, 1.165) is 24.9 Å². The van der Waals surface area contributed by atoms with Gasteiger partial charge in [-0.25, -0.2) is 0 Å². The molecule has 0 saturated carbocycles. The normalized spacial score (nSPS) is 22.7. The van der Waals surface area contributed by atoms with E-state index >= 15 is 0 Å². The molecule has 2 N–H and O–H groups in total. The second kappa shape index (κ2) is 3.82. The summed E-state index contributed by atoms with van der Waals surface area (Å²) in [6, 6.07) is 1.91. The van der Waals surface area contributed by atoms with E-state index in [1.807, 2.05) is 0 Å².